The van der Waals surface area contributed by atoms with Crippen LogP contribution in [0.15, 0.2) is 30.6 Å². The van der Waals surface area contributed by atoms with Crippen LogP contribution in [0.5, 0.6) is 5.75 Å². The fourth-order valence-corrected chi connectivity index (χ4v) is 4.99. The van der Waals surface area contributed by atoms with Crippen LogP contribution >= 0.6 is 0 Å². The molecule has 1 aliphatic carbocycles. The number of carbonyl (C=O) groups is 1. The second kappa shape index (κ2) is 8.51. The quantitative estimate of drug-likeness (QED) is 0.740. The van der Waals surface area contributed by atoms with Gasteiger partial charge in [0.25, 0.3) is 5.91 Å². The van der Waals surface area contributed by atoms with Crippen molar-refractivity contribution in [2.75, 3.05) is 19.7 Å². The van der Waals surface area contributed by atoms with Gasteiger partial charge in [-0.05, 0) is 48.9 Å². The standard InChI is InChI=1S/C22H29FN4O2/c1-2-12-26-16-24-25-21(26)19-13-27(15-22(19)10-4-3-5-11-22)20(28)14-29-18-8-6-17(23)7-9-18/h6-9,16,19H,2-5,10-15H2,1H3. The summed E-state index contributed by atoms with van der Waals surface area (Å²) in [5.74, 6) is 1.39. The Balaban J connectivity index is 1.49. The maximum atomic E-state index is 13.1. The summed E-state index contributed by atoms with van der Waals surface area (Å²) in [5.41, 5.74) is 0.0856. The van der Waals surface area contributed by atoms with Crippen molar-refractivity contribution in [3.8, 4) is 5.75 Å². The summed E-state index contributed by atoms with van der Waals surface area (Å²) in [6.07, 6.45) is 8.76. The Morgan fingerprint density at radius 1 is 1.24 bits per heavy atom. The Morgan fingerprint density at radius 2 is 2.00 bits per heavy atom. The smallest absolute Gasteiger partial charge is 0.260 e. The van der Waals surface area contributed by atoms with Crippen LogP contribution in [0, 0.1) is 11.2 Å². The first-order valence-corrected chi connectivity index (χ1v) is 10.7. The SMILES string of the molecule is CCCn1cnnc1C1CN(C(=O)COc2ccc(F)cc2)CC12CCCCC2. The van der Waals surface area contributed by atoms with Crippen LogP contribution in [-0.4, -0.2) is 45.3 Å². The zero-order chi connectivity index (χ0) is 20.3. The molecule has 7 heteroatoms. The molecular weight excluding hydrogens is 371 g/mol. The molecule has 1 spiro atoms. The van der Waals surface area contributed by atoms with Crippen molar-refractivity contribution in [2.24, 2.45) is 5.41 Å². The van der Waals surface area contributed by atoms with Crippen molar-refractivity contribution in [2.45, 2.75) is 57.9 Å². The van der Waals surface area contributed by atoms with E-state index in [9.17, 15) is 9.18 Å². The van der Waals surface area contributed by atoms with Gasteiger partial charge >= 0.3 is 0 Å². The summed E-state index contributed by atoms with van der Waals surface area (Å²) in [6, 6.07) is 5.77. The Labute approximate surface area is 171 Å². The second-order valence-corrected chi connectivity index (χ2v) is 8.38. The fraction of sp³-hybridized carbons (Fsp3) is 0.591. The fourth-order valence-electron chi connectivity index (χ4n) is 4.99. The minimum atomic E-state index is -0.318. The van der Waals surface area contributed by atoms with E-state index in [1.54, 1.807) is 12.1 Å². The highest BCUT2D eigenvalue weighted by molar-refractivity contribution is 5.78. The van der Waals surface area contributed by atoms with Crippen LogP contribution in [0.2, 0.25) is 0 Å². The molecule has 1 aliphatic heterocycles. The molecule has 6 nitrogen and oxygen atoms in total. The van der Waals surface area contributed by atoms with E-state index >= 15 is 0 Å². The molecule has 1 saturated carbocycles. The van der Waals surface area contributed by atoms with E-state index in [0.29, 0.717) is 12.3 Å². The summed E-state index contributed by atoms with van der Waals surface area (Å²) in [4.78, 5) is 14.9. The van der Waals surface area contributed by atoms with E-state index < -0.39 is 0 Å². The number of ether oxygens (including phenoxy) is 1. The molecule has 1 amide bonds. The Kier molecular flexibility index (Phi) is 5.83. The molecule has 2 heterocycles. The van der Waals surface area contributed by atoms with Gasteiger partial charge in [0, 0.05) is 25.6 Å². The van der Waals surface area contributed by atoms with Crippen LogP contribution in [0.4, 0.5) is 4.39 Å². The minimum absolute atomic E-state index is 0.0247. The number of aryl methyl sites for hydroxylation is 1. The van der Waals surface area contributed by atoms with Gasteiger partial charge in [0.05, 0.1) is 0 Å². The molecule has 2 aliphatic rings. The largest absolute Gasteiger partial charge is 0.484 e. The lowest BCUT2D eigenvalue weighted by Gasteiger charge is -2.37. The van der Waals surface area contributed by atoms with Gasteiger partial charge in [-0.1, -0.05) is 26.2 Å². The van der Waals surface area contributed by atoms with Gasteiger partial charge < -0.3 is 14.2 Å². The molecule has 1 saturated heterocycles. The molecule has 156 valence electrons. The normalized spacial score (nSPS) is 20.9. The van der Waals surface area contributed by atoms with Crippen LogP contribution in [0.25, 0.3) is 0 Å². The third-order valence-electron chi connectivity index (χ3n) is 6.45. The van der Waals surface area contributed by atoms with Gasteiger partial charge in [-0.25, -0.2) is 4.39 Å². The van der Waals surface area contributed by atoms with E-state index in [-0.39, 0.29) is 29.7 Å². The number of carbonyl (C=O) groups excluding carboxylic acids is 1. The Bertz CT molecular complexity index is 830. The number of nitrogens with zero attached hydrogens (tertiary/aromatic N) is 4. The van der Waals surface area contributed by atoms with Crippen molar-refractivity contribution in [1.82, 2.24) is 19.7 Å². The van der Waals surface area contributed by atoms with E-state index in [1.165, 1.54) is 31.4 Å². The second-order valence-electron chi connectivity index (χ2n) is 8.38. The number of hydrogen-bond donors (Lipinski definition) is 0. The lowest BCUT2D eigenvalue weighted by molar-refractivity contribution is -0.132. The Morgan fingerprint density at radius 3 is 2.72 bits per heavy atom. The predicted molar refractivity (Wildman–Crippen MR) is 107 cm³/mol. The van der Waals surface area contributed by atoms with Gasteiger partial charge in [-0.3, -0.25) is 4.79 Å². The molecule has 1 aromatic heterocycles. The lowest BCUT2D eigenvalue weighted by Crippen LogP contribution is -2.36. The molecule has 29 heavy (non-hydrogen) atoms. The van der Waals surface area contributed by atoms with Gasteiger partial charge in [0.15, 0.2) is 6.61 Å². The van der Waals surface area contributed by atoms with Gasteiger partial charge in [0.1, 0.15) is 23.7 Å². The molecule has 0 radical (unpaired) electrons. The van der Waals surface area contributed by atoms with Crippen molar-refractivity contribution in [3.05, 3.63) is 42.2 Å². The van der Waals surface area contributed by atoms with Crippen molar-refractivity contribution in [3.63, 3.8) is 0 Å². The summed E-state index contributed by atoms with van der Waals surface area (Å²) in [7, 11) is 0. The highest BCUT2D eigenvalue weighted by Crippen LogP contribution is 2.51. The van der Waals surface area contributed by atoms with Gasteiger partial charge in [-0.2, -0.15) is 0 Å². The number of halogens is 1. The number of amides is 1. The third-order valence-corrected chi connectivity index (χ3v) is 6.45. The van der Waals surface area contributed by atoms with Crippen molar-refractivity contribution < 1.29 is 13.9 Å². The Hall–Kier alpha value is -2.44. The number of likely N-dealkylation sites (tertiary alicyclic amines) is 1. The topological polar surface area (TPSA) is 60.2 Å². The van der Waals surface area contributed by atoms with E-state index in [4.69, 9.17) is 4.74 Å². The zero-order valence-corrected chi connectivity index (χ0v) is 17.0. The maximum absolute atomic E-state index is 13.1. The minimum Gasteiger partial charge on any atom is -0.484 e. The number of hydrogen-bond acceptors (Lipinski definition) is 4. The molecular formula is C22H29FN4O2. The summed E-state index contributed by atoms with van der Waals surface area (Å²) < 4.78 is 20.8. The first-order chi connectivity index (χ1) is 14.1. The summed E-state index contributed by atoms with van der Waals surface area (Å²) in [6.45, 7) is 4.43. The van der Waals surface area contributed by atoms with Crippen LogP contribution < -0.4 is 4.74 Å². The average Bonchev–Trinajstić information content (AvgIpc) is 3.33. The first kappa shape index (κ1) is 19.9. The maximum Gasteiger partial charge on any atom is 0.260 e. The number of benzene rings is 1. The lowest BCUT2D eigenvalue weighted by atomic mass is 9.67. The van der Waals surface area contributed by atoms with E-state index in [1.807, 2.05) is 11.2 Å². The highest BCUT2D eigenvalue weighted by atomic mass is 19.1. The third kappa shape index (κ3) is 4.14. The van der Waals surface area contributed by atoms with E-state index in [0.717, 1.165) is 38.2 Å². The van der Waals surface area contributed by atoms with Gasteiger partial charge in [0.2, 0.25) is 0 Å². The number of rotatable bonds is 6. The molecule has 1 aromatic carbocycles. The van der Waals surface area contributed by atoms with Gasteiger partial charge in [-0.15, -0.1) is 10.2 Å². The molecule has 1 unspecified atom stereocenters. The molecule has 2 fully saturated rings. The van der Waals surface area contributed by atoms with Crippen LogP contribution in [0.1, 0.15) is 57.2 Å². The molecule has 0 bridgehead atoms. The molecule has 2 aromatic rings. The monoisotopic (exact) mass is 400 g/mol. The van der Waals surface area contributed by atoms with E-state index in [2.05, 4.69) is 21.7 Å². The highest BCUT2D eigenvalue weighted by Gasteiger charge is 2.50. The predicted octanol–water partition coefficient (Wildman–Crippen LogP) is 3.78. The zero-order valence-electron chi connectivity index (χ0n) is 17.0. The molecule has 4 rings (SSSR count). The van der Waals surface area contributed by atoms with Crippen molar-refractivity contribution in [1.29, 1.82) is 0 Å². The molecule has 0 N–H and O–H groups in total. The first-order valence-electron chi connectivity index (χ1n) is 10.7. The molecule has 1 atom stereocenters. The number of aromatic nitrogens is 3. The summed E-state index contributed by atoms with van der Waals surface area (Å²) in [5, 5.41) is 8.64. The average molecular weight is 400 g/mol. The van der Waals surface area contributed by atoms with Crippen LogP contribution in [-0.2, 0) is 11.3 Å². The van der Waals surface area contributed by atoms with Crippen LogP contribution in [0.3, 0.4) is 0 Å². The summed E-state index contributed by atoms with van der Waals surface area (Å²) >= 11 is 0. The van der Waals surface area contributed by atoms with Crippen molar-refractivity contribution >= 4 is 5.91 Å².